The molecule has 0 bridgehead atoms. The van der Waals surface area contributed by atoms with Crippen molar-refractivity contribution in [2.75, 3.05) is 6.54 Å². The van der Waals surface area contributed by atoms with E-state index in [0.717, 1.165) is 38.6 Å². The molecule has 0 aromatic heterocycles. The summed E-state index contributed by atoms with van der Waals surface area (Å²) in [7, 11) is 0. The fourth-order valence-electron chi connectivity index (χ4n) is 3.04. The number of carbonyl (C=O) groups is 1. The molecule has 1 aliphatic heterocycles. The number of aliphatic carboxylic acids is 1. The standard InChI is InChI=1S/C16H23NO2/c1-2-14(12-13-8-4-3-5-9-13)17-11-7-6-10-15(17)16(18)19/h3-5,8-9,14-15H,2,6-7,10-12H2,1H3,(H,18,19). The third-order valence-electron chi connectivity index (χ3n) is 4.08. The molecule has 2 unspecified atom stereocenters. The Kier molecular flexibility index (Phi) is 4.97. The van der Waals surface area contributed by atoms with E-state index in [2.05, 4.69) is 24.0 Å². The molecule has 0 spiro atoms. The number of nitrogens with zero attached hydrogens (tertiary/aromatic N) is 1. The summed E-state index contributed by atoms with van der Waals surface area (Å²) in [5, 5.41) is 9.38. The highest BCUT2D eigenvalue weighted by Crippen LogP contribution is 2.23. The van der Waals surface area contributed by atoms with E-state index in [1.165, 1.54) is 5.56 Å². The van der Waals surface area contributed by atoms with Crippen molar-refractivity contribution in [2.45, 2.75) is 51.1 Å². The first-order valence-corrected chi connectivity index (χ1v) is 7.25. The Morgan fingerprint density at radius 2 is 2.11 bits per heavy atom. The molecule has 1 N–H and O–H groups in total. The fraction of sp³-hybridized carbons (Fsp3) is 0.562. The number of carboxylic acids is 1. The Labute approximate surface area is 115 Å². The molecule has 0 saturated carbocycles. The van der Waals surface area contributed by atoms with E-state index >= 15 is 0 Å². The highest BCUT2D eigenvalue weighted by molar-refractivity contribution is 5.73. The SMILES string of the molecule is CCC(Cc1ccccc1)N1CCCCC1C(=O)O. The summed E-state index contributed by atoms with van der Waals surface area (Å²) in [5.41, 5.74) is 1.30. The van der Waals surface area contributed by atoms with Crippen molar-refractivity contribution < 1.29 is 9.90 Å². The zero-order valence-corrected chi connectivity index (χ0v) is 11.6. The van der Waals surface area contributed by atoms with Crippen LogP contribution in [0.3, 0.4) is 0 Å². The summed E-state index contributed by atoms with van der Waals surface area (Å²) in [6, 6.07) is 10.4. The van der Waals surface area contributed by atoms with Gasteiger partial charge in [0.05, 0.1) is 0 Å². The molecule has 2 rings (SSSR count). The monoisotopic (exact) mass is 261 g/mol. The molecule has 0 radical (unpaired) electrons. The largest absolute Gasteiger partial charge is 0.480 e. The minimum atomic E-state index is -0.661. The van der Waals surface area contributed by atoms with Crippen molar-refractivity contribution in [1.82, 2.24) is 4.90 Å². The van der Waals surface area contributed by atoms with Gasteiger partial charge in [-0.05, 0) is 37.8 Å². The van der Waals surface area contributed by atoms with Crippen molar-refractivity contribution in [3.63, 3.8) is 0 Å². The molecule has 1 saturated heterocycles. The predicted octanol–water partition coefficient (Wildman–Crippen LogP) is 2.95. The Hall–Kier alpha value is -1.35. The lowest BCUT2D eigenvalue weighted by molar-refractivity contribution is -0.145. The first-order chi connectivity index (χ1) is 9.22. The molecule has 1 aliphatic rings. The minimum absolute atomic E-state index is 0.289. The number of piperidine rings is 1. The topological polar surface area (TPSA) is 40.5 Å². The number of benzene rings is 1. The molecule has 1 fully saturated rings. The van der Waals surface area contributed by atoms with E-state index < -0.39 is 5.97 Å². The van der Waals surface area contributed by atoms with Crippen LogP contribution >= 0.6 is 0 Å². The van der Waals surface area contributed by atoms with Crippen LogP contribution in [0.4, 0.5) is 0 Å². The van der Waals surface area contributed by atoms with Crippen molar-refractivity contribution in [2.24, 2.45) is 0 Å². The minimum Gasteiger partial charge on any atom is -0.480 e. The Bertz CT molecular complexity index is 404. The summed E-state index contributed by atoms with van der Waals surface area (Å²) >= 11 is 0. The average Bonchev–Trinajstić information content (AvgIpc) is 2.46. The predicted molar refractivity (Wildman–Crippen MR) is 76.2 cm³/mol. The summed E-state index contributed by atoms with van der Waals surface area (Å²) in [5.74, 6) is -0.661. The molecular weight excluding hydrogens is 238 g/mol. The first kappa shape index (κ1) is 14.1. The number of carboxylic acid groups (broad SMARTS) is 1. The molecule has 0 aliphatic carbocycles. The number of likely N-dealkylation sites (tertiary alicyclic amines) is 1. The van der Waals surface area contributed by atoms with Gasteiger partial charge < -0.3 is 5.11 Å². The third-order valence-corrected chi connectivity index (χ3v) is 4.08. The molecule has 1 aromatic rings. The van der Waals surface area contributed by atoms with Crippen LogP contribution in [0.5, 0.6) is 0 Å². The highest BCUT2D eigenvalue weighted by atomic mass is 16.4. The average molecular weight is 261 g/mol. The summed E-state index contributed by atoms with van der Waals surface area (Å²) in [6.45, 7) is 3.07. The van der Waals surface area contributed by atoms with E-state index in [-0.39, 0.29) is 6.04 Å². The van der Waals surface area contributed by atoms with E-state index in [0.29, 0.717) is 6.04 Å². The maximum atomic E-state index is 11.4. The summed E-state index contributed by atoms with van der Waals surface area (Å²) in [4.78, 5) is 13.6. The van der Waals surface area contributed by atoms with Crippen LogP contribution in [0.2, 0.25) is 0 Å². The van der Waals surface area contributed by atoms with Crippen LogP contribution in [0.15, 0.2) is 30.3 Å². The molecule has 104 valence electrons. The van der Waals surface area contributed by atoms with Crippen LogP contribution < -0.4 is 0 Å². The normalized spacial score (nSPS) is 22.1. The van der Waals surface area contributed by atoms with Gasteiger partial charge >= 0.3 is 5.97 Å². The smallest absolute Gasteiger partial charge is 0.320 e. The molecule has 1 heterocycles. The second-order valence-corrected chi connectivity index (χ2v) is 5.34. The summed E-state index contributed by atoms with van der Waals surface area (Å²) < 4.78 is 0. The quantitative estimate of drug-likeness (QED) is 0.886. The van der Waals surface area contributed by atoms with Crippen molar-refractivity contribution in [1.29, 1.82) is 0 Å². The second kappa shape index (κ2) is 6.71. The van der Waals surface area contributed by atoms with Gasteiger partial charge in [0, 0.05) is 6.04 Å². The van der Waals surface area contributed by atoms with Crippen LogP contribution in [0.1, 0.15) is 38.2 Å². The zero-order valence-electron chi connectivity index (χ0n) is 11.6. The Morgan fingerprint density at radius 3 is 2.74 bits per heavy atom. The number of hydrogen-bond acceptors (Lipinski definition) is 2. The fourth-order valence-corrected chi connectivity index (χ4v) is 3.04. The van der Waals surface area contributed by atoms with E-state index in [9.17, 15) is 9.90 Å². The third kappa shape index (κ3) is 3.57. The Morgan fingerprint density at radius 1 is 1.37 bits per heavy atom. The molecule has 3 heteroatoms. The highest BCUT2D eigenvalue weighted by Gasteiger charge is 2.32. The van der Waals surface area contributed by atoms with Gasteiger partial charge in [0.1, 0.15) is 6.04 Å². The molecule has 2 atom stereocenters. The number of hydrogen-bond donors (Lipinski definition) is 1. The molecule has 3 nitrogen and oxygen atoms in total. The number of rotatable bonds is 5. The van der Waals surface area contributed by atoms with Crippen LogP contribution in [-0.2, 0) is 11.2 Å². The van der Waals surface area contributed by atoms with Crippen molar-refractivity contribution in [3.05, 3.63) is 35.9 Å². The van der Waals surface area contributed by atoms with Crippen molar-refractivity contribution in [3.8, 4) is 0 Å². The van der Waals surface area contributed by atoms with E-state index in [1.807, 2.05) is 18.2 Å². The lowest BCUT2D eigenvalue weighted by Crippen LogP contribution is -2.50. The van der Waals surface area contributed by atoms with Crippen LogP contribution in [-0.4, -0.2) is 34.6 Å². The van der Waals surface area contributed by atoms with Gasteiger partial charge in [0.2, 0.25) is 0 Å². The second-order valence-electron chi connectivity index (χ2n) is 5.34. The van der Waals surface area contributed by atoms with E-state index in [1.54, 1.807) is 0 Å². The van der Waals surface area contributed by atoms with Gasteiger partial charge in [-0.15, -0.1) is 0 Å². The van der Waals surface area contributed by atoms with Crippen molar-refractivity contribution >= 4 is 5.97 Å². The van der Waals surface area contributed by atoms with Gasteiger partial charge in [0.25, 0.3) is 0 Å². The first-order valence-electron chi connectivity index (χ1n) is 7.25. The lowest BCUT2D eigenvalue weighted by Gasteiger charge is -2.39. The van der Waals surface area contributed by atoms with Gasteiger partial charge in [-0.1, -0.05) is 43.7 Å². The van der Waals surface area contributed by atoms with Crippen LogP contribution in [0, 0.1) is 0 Å². The van der Waals surface area contributed by atoms with Crippen LogP contribution in [0.25, 0.3) is 0 Å². The summed E-state index contributed by atoms with van der Waals surface area (Å²) in [6.07, 6.45) is 4.89. The molecule has 1 aromatic carbocycles. The van der Waals surface area contributed by atoms with E-state index in [4.69, 9.17) is 0 Å². The maximum Gasteiger partial charge on any atom is 0.320 e. The van der Waals surface area contributed by atoms with Gasteiger partial charge in [0.15, 0.2) is 0 Å². The maximum absolute atomic E-state index is 11.4. The zero-order chi connectivity index (χ0) is 13.7. The van der Waals surface area contributed by atoms with Gasteiger partial charge in [-0.2, -0.15) is 0 Å². The van der Waals surface area contributed by atoms with Gasteiger partial charge in [-0.25, -0.2) is 0 Å². The molecular formula is C16H23NO2. The van der Waals surface area contributed by atoms with Gasteiger partial charge in [-0.3, -0.25) is 9.69 Å². The lowest BCUT2D eigenvalue weighted by atomic mass is 9.95. The Balaban J connectivity index is 2.09. The molecule has 19 heavy (non-hydrogen) atoms. The molecule has 0 amide bonds.